The molecule has 0 saturated heterocycles. The van der Waals surface area contributed by atoms with Crippen LogP contribution >= 0.6 is 23.2 Å². The molecule has 30 heavy (non-hydrogen) atoms. The summed E-state index contributed by atoms with van der Waals surface area (Å²) in [6, 6.07) is 13.1. The molecule has 0 spiro atoms. The number of aromatic nitrogens is 2. The Hall–Kier alpha value is -2.70. The third kappa shape index (κ3) is 4.89. The van der Waals surface area contributed by atoms with Gasteiger partial charge in [0.25, 0.3) is 5.91 Å². The number of halogens is 2. The molecule has 6 nitrogen and oxygen atoms in total. The first-order chi connectivity index (χ1) is 14.4. The van der Waals surface area contributed by atoms with Crippen LogP contribution in [0.3, 0.4) is 0 Å². The van der Waals surface area contributed by atoms with Gasteiger partial charge < -0.3 is 14.8 Å². The van der Waals surface area contributed by atoms with E-state index < -0.39 is 0 Å². The van der Waals surface area contributed by atoms with Crippen LogP contribution in [0, 0.1) is 6.92 Å². The molecule has 2 aromatic carbocycles. The first-order valence-corrected chi connectivity index (χ1v) is 10.2. The van der Waals surface area contributed by atoms with Gasteiger partial charge in [-0.05, 0) is 42.7 Å². The minimum Gasteiger partial charge on any atom is -0.493 e. The second kappa shape index (κ2) is 9.87. The lowest BCUT2D eigenvalue weighted by molar-refractivity contribution is 0.0953. The van der Waals surface area contributed by atoms with E-state index in [0.29, 0.717) is 47.3 Å². The SMILES string of the molecule is COc1ccc(CCNC(=O)c2c(C)nn(Cc3ccccc3Cl)c2Cl)cc1OC. The molecule has 0 aliphatic carbocycles. The highest BCUT2D eigenvalue weighted by Crippen LogP contribution is 2.28. The first kappa shape index (κ1) is 22.0. The summed E-state index contributed by atoms with van der Waals surface area (Å²) in [6.07, 6.45) is 0.635. The first-order valence-electron chi connectivity index (χ1n) is 9.40. The average molecular weight is 448 g/mol. The number of carbonyl (C=O) groups is 1. The zero-order valence-electron chi connectivity index (χ0n) is 17.0. The van der Waals surface area contributed by atoms with Gasteiger partial charge in [0.2, 0.25) is 0 Å². The topological polar surface area (TPSA) is 65.4 Å². The Morgan fingerprint density at radius 3 is 2.53 bits per heavy atom. The van der Waals surface area contributed by atoms with Crippen LogP contribution in [0.1, 0.15) is 27.2 Å². The minimum atomic E-state index is -0.261. The van der Waals surface area contributed by atoms with E-state index in [9.17, 15) is 4.79 Å². The Bertz CT molecular complexity index is 1050. The van der Waals surface area contributed by atoms with Crippen molar-refractivity contribution in [2.45, 2.75) is 19.9 Å². The van der Waals surface area contributed by atoms with Gasteiger partial charge in [0.15, 0.2) is 11.5 Å². The van der Waals surface area contributed by atoms with Gasteiger partial charge in [0, 0.05) is 11.6 Å². The maximum atomic E-state index is 12.7. The summed E-state index contributed by atoms with van der Waals surface area (Å²) in [5, 5.41) is 8.23. The fourth-order valence-corrected chi connectivity index (χ4v) is 3.66. The molecule has 1 heterocycles. The maximum absolute atomic E-state index is 12.7. The summed E-state index contributed by atoms with van der Waals surface area (Å²) in [5.41, 5.74) is 2.83. The lowest BCUT2D eigenvalue weighted by atomic mass is 10.1. The Morgan fingerprint density at radius 2 is 1.83 bits per heavy atom. The van der Waals surface area contributed by atoms with Crippen molar-refractivity contribution in [1.29, 1.82) is 0 Å². The lowest BCUT2D eigenvalue weighted by Gasteiger charge is -2.10. The second-order valence-electron chi connectivity index (χ2n) is 6.70. The predicted octanol–water partition coefficient (Wildman–Crippen LogP) is 4.54. The van der Waals surface area contributed by atoms with Gasteiger partial charge in [-0.1, -0.05) is 47.5 Å². The molecular formula is C22H23Cl2N3O3. The van der Waals surface area contributed by atoms with Crippen molar-refractivity contribution in [2.75, 3.05) is 20.8 Å². The Balaban J connectivity index is 1.66. The van der Waals surface area contributed by atoms with Crippen molar-refractivity contribution in [3.8, 4) is 11.5 Å². The quantitative estimate of drug-likeness (QED) is 0.550. The molecule has 1 aromatic heterocycles. The Morgan fingerprint density at radius 1 is 1.10 bits per heavy atom. The fourth-order valence-electron chi connectivity index (χ4n) is 3.15. The van der Waals surface area contributed by atoms with Crippen LogP contribution in [-0.4, -0.2) is 36.5 Å². The molecule has 0 aliphatic heterocycles. The molecule has 0 bridgehead atoms. The summed E-state index contributed by atoms with van der Waals surface area (Å²) >= 11 is 12.7. The predicted molar refractivity (Wildman–Crippen MR) is 118 cm³/mol. The molecule has 0 aliphatic rings. The van der Waals surface area contributed by atoms with Crippen molar-refractivity contribution in [1.82, 2.24) is 15.1 Å². The summed E-state index contributed by atoms with van der Waals surface area (Å²) in [5.74, 6) is 1.06. The van der Waals surface area contributed by atoms with E-state index in [1.54, 1.807) is 25.8 Å². The molecule has 0 atom stereocenters. The largest absolute Gasteiger partial charge is 0.493 e. The van der Waals surface area contributed by atoms with Crippen LogP contribution in [0.25, 0.3) is 0 Å². The third-order valence-corrected chi connectivity index (χ3v) is 5.47. The number of nitrogens with zero attached hydrogens (tertiary/aromatic N) is 2. The summed E-state index contributed by atoms with van der Waals surface area (Å²) < 4.78 is 12.1. The van der Waals surface area contributed by atoms with E-state index in [1.165, 1.54) is 0 Å². The zero-order chi connectivity index (χ0) is 21.7. The minimum absolute atomic E-state index is 0.261. The number of benzene rings is 2. The number of carbonyl (C=O) groups excluding carboxylic acids is 1. The van der Waals surface area contributed by atoms with Crippen molar-refractivity contribution >= 4 is 29.1 Å². The highest BCUT2D eigenvalue weighted by atomic mass is 35.5. The normalized spacial score (nSPS) is 10.7. The van der Waals surface area contributed by atoms with Gasteiger partial charge in [-0.3, -0.25) is 4.79 Å². The molecular weight excluding hydrogens is 425 g/mol. The highest BCUT2D eigenvalue weighted by molar-refractivity contribution is 6.33. The van der Waals surface area contributed by atoms with Gasteiger partial charge >= 0.3 is 0 Å². The van der Waals surface area contributed by atoms with E-state index >= 15 is 0 Å². The van der Waals surface area contributed by atoms with E-state index in [2.05, 4.69) is 10.4 Å². The number of hydrogen-bond donors (Lipinski definition) is 1. The number of nitrogens with one attached hydrogen (secondary N) is 1. The molecule has 1 N–H and O–H groups in total. The summed E-state index contributed by atoms with van der Waals surface area (Å²) in [6.45, 7) is 2.59. The van der Waals surface area contributed by atoms with Crippen LogP contribution in [0.4, 0.5) is 0 Å². The molecule has 0 fully saturated rings. The molecule has 3 aromatic rings. The van der Waals surface area contributed by atoms with Crippen LogP contribution in [0.2, 0.25) is 10.2 Å². The molecule has 158 valence electrons. The van der Waals surface area contributed by atoms with Crippen molar-refractivity contribution in [2.24, 2.45) is 0 Å². The molecule has 0 saturated carbocycles. The van der Waals surface area contributed by atoms with Crippen LogP contribution < -0.4 is 14.8 Å². The highest BCUT2D eigenvalue weighted by Gasteiger charge is 2.20. The third-order valence-electron chi connectivity index (χ3n) is 4.72. The van der Waals surface area contributed by atoms with Gasteiger partial charge in [0.05, 0.1) is 32.0 Å². The van der Waals surface area contributed by atoms with Gasteiger partial charge in [0.1, 0.15) is 5.15 Å². The van der Waals surface area contributed by atoms with Crippen LogP contribution in [-0.2, 0) is 13.0 Å². The Labute approximate surface area is 185 Å². The standard InChI is InChI=1S/C22H23Cl2N3O3/c1-14-20(21(24)27(26-14)13-16-6-4-5-7-17(16)23)22(28)25-11-10-15-8-9-18(29-2)19(12-15)30-3/h4-9,12H,10-11,13H2,1-3H3,(H,25,28). The Kier molecular flexibility index (Phi) is 7.24. The number of rotatable bonds is 8. The number of ether oxygens (including phenoxy) is 2. The molecule has 0 unspecified atom stereocenters. The van der Waals surface area contributed by atoms with E-state index in [4.69, 9.17) is 32.7 Å². The van der Waals surface area contributed by atoms with Gasteiger partial charge in [-0.15, -0.1) is 0 Å². The van der Waals surface area contributed by atoms with Crippen LogP contribution in [0.15, 0.2) is 42.5 Å². The van der Waals surface area contributed by atoms with Crippen molar-refractivity contribution in [3.63, 3.8) is 0 Å². The fraction of sp³-hybridized carbons (Fsp3) is 0.273. The number of aryl methyl sites for hydroxylation is 1. The van der Waals surface area contributed by atoms with Crippen molar-refractivity contribution in [3.05, 3.63) is 75.0 Å². The van der Waals surface area contributed by atoms with Gasteiger partial charge in [-0.25, -0.2) is 4.68 Å². The average Bonchev–Trinajstić information content (AvgIpc) is 3.02. The summed E-state index contributed by atoms with van der Waals surface area (Å²) in [4.78, 5) is 12.7. The molecule has 1 amide bonds. The van der Waals surface area contributed by atoms with E-state index in [-0.39, 0.29) is 11.1 Å². The van der Waals surface area contributed by atoms with E-state index in [0.717, 1.165) is 11.1 Å². The number of amides is 1. The summed E-state index contributed by atoms with van der Waals surface area (Å²) in [7, 11) is 3.18. The van der Waals surface area contributed by atoms with Crippen molar-refractivity contribution < 1.29 is 14.3 Å². The number of hydrogen-bond acceptors (Lipinski definition) is 4. The van der Waals surface area contributed by atoms with E-state index in [1.807, 2.05) is 42.5 Å². The lowest BCUT2D eigenvalue weighted by Crippen LogP contribution is -2.26. The zero-order valence-corrected chi connectivity index (χ0v) is 18.5. The monoisotopic (exact) mass is 447 g/mol. The van der Waals surface area contributed by atoms with Crippen LogP contribution in [0.5, 0.6) is 11.5 Å². The smallest absolute Gasteiger partial charge is 0.256 e. The molecule has 0 radical (unpaired) electrons. The number of methoxy groups -OCH3 is 2. The van der Waals surface area contributed by atoms with Gasteiger partial charge in [-0.2, -0.15) is 5.10 Å². The molecule has 8 heteroatoms. The second-order valence-corrected chi connectivity index (χ2v) is 7.46. The molecule has 3 rings (SSSR count). The maximum Gasteiger partial charge on any atom is 0.256 e.